The predicted octanol–water partition coefficient (Wildman–Crippen LogP) is 3.17. The summed E-state index contributed by atoms with van der Waals surface area (Å²) in [5.74, 6) is -2.58. The average Bonchev–Trinajstić information content (AvgIpc) is 3.59. The zero-order valence-corrected chi connectivity index (χ0v) is 36.7. The summed E-state index contributed by atoms with van der Waals surface area (Å²) in [5.41, 5.74) is 0. The lowest BCUT2D eigenvalue weighted by atomic mass is 9.94. The van der Waals surface area contributed by atoms with Crippen LogP contribution < -0.4 is 10.6 Å². The second-order valence-electron chi connectivity index (χ2n) is 18.6. The van der Waals surface area contributed by atoms with Crippen LogP contribution in [0.15, 0.2) is 0 Å². The minimum Gasteiger partial charge on any atom is -0.390 e. The van der Waals surface area contributed by atoms with Crippen molar-refractivity contribution in [1.29, 1.82) is 0 Å². The van der Waals surface area contributed by atoms with Gasteiger partial charge in [0.25, 0.3) is 0 Å². The number of aliphatic hydroxyl groups is 2. The lowest BCUT2D eigenvalue weighted by molar-refractivity contribution is -0.150. The normalized spacial score (nSPS) is 29.1. The van der Waals surface area contributed by atoms with Gasteiger partial charge in [0.05, 0.1) is 37.1 Å². The van der Waals surface area contributed by atoms with Gasteiger partial charge in [-0.25, -0.2) is 0 Å². The van der Waals surface area contributed by atoms with E-state index in [1.54, 1.807) is 7.05 Å². The first-order valence-corrected chi connectivity index (χ1v) is 21.0. The maximum Gasteiger partial charge on any atom is 0.246 e. The molecule has 0 aromatic carbocycles. The molecular formula is C42H76N6O8. The summed E-state index contributed by atoms with van der Waals surface area (Å²) in [6.07, 6.45) is -0.682. The van der Waals surface area contributed by atoms with Crippen LogP contribution in [0.4, 0.5) is 0 Å². The number of fused-ring (bicyclic) bond motifs is 1. The van der Waals surface area contributed by atoms with Gasteiger partial charge in [-0.1, -0.05) is 69.2 Å². The van der Waals surface area contributed by atoms with Crippen LogP contribution in [0.3, 0.4) is 0 Å². The van der Waals surface area contributed by atoms with E-state index >= 15 is 0 Å². The fraction of sp³-hybridized carbons (Fsp3) is 0.857. The lowest BCUT2D eigenvalue weighted by Gasteiger charge is -2.38. The van der Waals surface area contributed by atoms with E-state index in [1.165, 1.54) is 33.7 Å². The SMILES string of the molecule is CC(C)C[C@H]1NC(=O)[C@H]2CCCN2C(=O)[C@H](CC(C)C)N(C)C(=O)C[C@@H](O)[C@@H](CC(C)C)NC(=O)[C@H](CC(C)C)N(C)C(=O)[C@H](CC(C)C)N(C)C(=O)C[C@H]1O. The van der Waals surface area contributed by atoms with Gasteiger partial charge < -0.3 is 40.4 Å². The predicted molar refractivity (Wildman–Crippen MR) is 217 cm³/mol. The Balaban J connectivity index is 2.73. The molecule has 2 fully saturated rings. The number of hydrogen-bond acceptors (Lipinski definition) is 8. The van der Waals surface area contributed by atoms with Gasteiger partial charge in [0.1, 0.15) is 24.2 Å². The molecule has 4 N–H and O–H groups in total. The first-order valence-electron chi connectivity index (χ1n) is 21.0. The molecular weight excluding hydrogens is 716 g/mol. The Kier molecular flexibility index (Phi) is 19.2. The zero-order valence-electron chi connectivity index (χ0n) is 36.7. The second kappa shape index (κ2) is 22.0. The summed E-state index contributed by atoms with van der Waals surface area (Å²) in [6.45, 7) is 19.8. The van der Waals surface area contributed by atoms with Crippen molar-refractivity contribution in [3.8, 4) is 0 Å². The van der Waals surface area contributed by atoms with Crippen molar-refractivity contribution in [2.24, 2.45) is 29.6 Å². The van der Waals surface area contributed by atoms with Crippen LogP contribution in [0.25, 0.3) is 0 Å². The van der Waals surface area contributed by atoms with Crippen molar-refractivity contribution in [3.63, 3.8) is 0 Å². The monoisotopic (exact) mass is 793 g/mol. The average molecular weight is 793 g/mol. The maximum absolute atomic E-state index is 14.4. The van der Waals surface area contributed by atoms with Gasteiger partial charge in [0.15, 0.2) is 0 Å². The van der Waals surface area contributed by atoms with Crippen LogP contribution in [0, 0.1) is 29.6 Å². The Bertz CT molecular complexity index is 1340. The number of carbonyl (C=O) groups is 6. The number of likely N-dealkylation sites (N-methyl/N-ethyl adjacent to an activating group) is 3. The molecule has 0 aliphatic carbocycles. The molecule has 0 spiro atoms. The number of carbonyl (C=O) groups excluding carboxylic acids is 6. The van der Waals surface area contributed by atoms with Gasteiger partial charge in [-0.15, -0.1) is 0 Å². The van der Waals surface area contributed by atoms with Gasteiger partial charge in [-0.3, -0.25) is 28.8 Å². The molecule has 322 valence electrons. The number of rotatable bonds is 10. The van der Waals surface area contributed by atoms with Crippen LogP contribution in [-0.4, -0.2) is 141 Å². The highest BCUT2D eigenvalue weighted by atomic mass is 16.3. The summed E-state index contributed by atoms with van der Waals surface area (Å²) >= 11 is 0. The Morgan fingerprint density at radius 2 is 0.911 bits per heavy atom. The molecule has 0 unspecified atom stereocenters. The molecule has 8 atom stereocenters. The van der Waals surface area contributed by atoms with Crippen molar-refractivity contribution >= 4 is 35.4 Å². The third kappa shape index (κ3) is 14.0. The maximum atomic E-state index is 14.4. The Labute approximate surface area is 336 Å². The highest BCUT2D eigenvalue weighted by Crippen LogP contribution is 2.26. The summed E-state index contributed by atoms with van der Waals surface area (Å²) in [5, 5.41) is 29.1. The Morgan fingerprint density at radius 1 is 0.536 bits per heavy atom. The van der Waals surface area contributed by atoms with Crippen LogP contribution in [-0.2, 0) is 28.8 Å². The first-order chi connectivity index (χ1) is 26.0. The molecule has 2 heterocycles. The molecule has 2 saturated heterocycles. The topological polar surface area (TPSA) is 180 Å². The van der Waals surface area contributed by atoms with Gasteiger partial charge >= 0.3 is 0 Å². The highest BCUT2D eigenvalue weighted by Gasteiger charge is 2.42. The molecule has 14 heteroatoms. The minimum absolute atomic E-state index is 0.0000466. The molecule has 6 amide bonds. The fourth-order valence-electron chi connectivity index (χ4n) is 7.99. The molecule has 0 aromatic rings. The van der Waals surface area contributed by atoms with Crippen molar-refractivity contribution in [2.75, 3.05) is 27.7 Å². The molecule has 0 bridgehead atoms. The van der Waals surface area contributed by atoms with E-state index in [9.17, 15) is 39.0 Å². The first kappa shape index (κ1) is 48.9. The summed E-state index contributed by atoms with van der Waals surface area (Å²) < 4.78 is 0. The van der Waals surface area contributed by atoms with Crippen molar-refractivity contribution in [3.05, 3.63) is 0 Å². The van der Waals surface area contributed by atoms with Gasteiger partial charge in [-0.05, 0) is 74.5 Å². The molecule has 2 rings (SSSR count). The highest BCUT2D eigenvalue weighted by molar-refractivity contribution is 5.94. The molecule has 14 nitrogen and oxygen atoms in total. The van der Waals surface area contributed by atoms with E-state index < -0.39 is 78.0 Å². The minimum atomic E-state index is -1.29. The number of aliphatic hydroxyl groups excluding tert-OH is 2. The molecule has 0 aromatic heterocycles. The van der Waals surface area contributed by atoms with E-state index in [-0.39, 0.29) is 48.3 Å². The summed E-state index contributed by atoms with van der Waals surface area (Å²) in [4.78, 5) is 90.4. The van der Waals surface area contributed by atoms with E-state index in [1.807, 2.05) is 69.2 Å². The number of amides is 6. The van der Waals surface area contributed by atoms with Crippen LogP contribution in [0.1, 0.15) is 127 Å². The quantitative estimate of drug-likeness (QED) is 0.261. The fourth-order valence-corrected chi connectivity index (χ4v) is 7.99. The third-order valence-electron chi connectivity index (χ3n) is 11.1. The Hall–Kier alpha value is -3.26. The number of hydrogen-bond donors (Lipinski definition) is 4. The smallest absolute Gasteiger partial charge is 0.246 e. The van der Waals surface area contributed by atoms with Crippen LogP contribution >= 0.6 is 0 Å². The summed E-state index contributed by atoms with van der Waals surface area (Å²) in [7, 11) is 4.61. The van der Waals surface area contributed by atoms with Crippen LogP contribution in [0.5, 0.6) is 0 Å². The third-order valence-corrected chi connectivity index (χ3v) is 11.1. The van der Waals surface area contributed by atoms with Crippen molar-refractivity contribution in [1.82, 2.24) is 30.2 Å². The molecule has 2 aliphatic heterocycles. The molecule has 0 saturated carbocycles. The van der Waals surface area contributed by atoms with Gasteiger partial charge in [0.2, 0.25) is 35.4 Å². The van der Waals surface area contributed by atoms with Gasteiger partial charge in [0, 0.05) is 27.7 Å². The number of nitrogens with zero attached hydrogens (tertiary/aromatic N) is 4. The molecule has 0 radical (unpaired) electrons. The van der Waals surface area contributed by atoms with Crippen molar-refractivity contribution < 1.29 is 39.0 Å². The van der Waals surface area contributed by atoms with E-state index in [4.69, 9.17) is 0 Å². The lowest BCUT2D eigenvalue weighted by Crippen LogP contribution is -2.59. The van der Waals surface area contributed by atoms with E-state index in [0.29, 0.717) is 51.5 Å². The number of nitrogens with one attached hydrogen (secondary N) is 2. The second-order valence-corrected chi connectivity index (χ2v) is 18.6. The molecule has 2 aliphatic rings. The molecule has 56 heavy (non-hydrogen) atoms. The van der Waals surface area contributed by atoms with E-state index in [0.717, 1.165) is 0 Å². The van der Waals surface area contributed by atoms with Crippen molar-refractivity contribution in [2.45, 2.75) is 175 Å². The van der Waals surface area contributed by atoms with Crippen LogP contribution in [0.2, 0.25) is 0 Å². The van der Waals surface area contributed by atoms with Gasteiger partial charge in [-0.2, -0.15) is 0 Å². The zero-order chi connectivity index (χ0) is 42.8. The Morgan fingerprint density at radius 3 is 1.32 bits per heavy atom. The van der Waals surface area contributed by atoms with E-state index in [2.05, 4.69) is 10.6 Å². The summed E-state index contributed by atoms with van der Waals surface area (Å²) in [6, 6.07) is -5.28. The largest absolute Gasteiger partial charge is 0.390 e. The standard InChI is InChI=1S/C42H76N6O8/c1-24(2)17-29-35(49)22-37(51)45(11)33(20-27(7)8)41(55)47(13)32(19-26(5)6)40(54)44-30(18-25(3)4)36(50)23-38(52)46(12)34(21-28(9)10)42(56)48-16-14-15-31(48)39(53)43-29/h24-36,49-50H,14-23H2,1-13H3,(H,43,53)(H,44,54)/t29-,30-,31-,32+,33+,34+,35-,36-/m1/s1.